The van der Waals surface area contributed by atoms with Gasteiger partial charge >= 0.3 is 0 Å². The first-order valence-electron chi connectivity index (χ1n) is 4.06. The highest BCUT2D eigenvalue weighted by Gasteiger charge is 2.19. The normalized spacial score (nSPS) is 20.7. The molecule has 70 valence electrons. The highest BCUT2D eigenvalue weighted by atomic mass is 79.9. The Morgan fingerprint density at radius 2 is 2.31 bits per heavy atom. The smallest absolute Gasteiger partial charge is 0.141 e. The Kier molecular flexibility index (Phi) is 2.26. The van der Waals surface area contributed by atoms with Crippen molar-refractivity contribution in [2.24, 2.45) is 5.73 Å². The minimum absolute atomic E-state index is 0.0411. The van der Waals surface area contributed by atoms with Crippen LogP contribution in [0.25, 0.3) is 0 Å². The van der Waals surface area contributed by atoms with Gasteiger partial charge in [-0.15, -0.1) is 0 Å². The van der Waals surface area contributed by atoms with Crippen molar-refractivity contribution in [2.75, 3.05) is 6.61 Å². The number of nitrogens with two attached hydrogens (primary N) is 1. The molecule has 1 atom stereocenters. The molecule has 0 saturated carbocycles. The predicted octanol–water partition coefficient (Wildman–Crippen LogP) is 2.37. The minimum atomic E-state index is -0.312. The lowest BCUT2D eigenvalue weighted by Crippen LogP contribution is -2.20. The second kappa shape index (κ2) is 3.27. The Bertz CT molecular complexity index is 343. The van der Waals surface area contributed by atoms with Crippen molar-refractivity contribution in [3.63, 3.8) is 0 Å². The van der Waals surface area contributed by atoms with E-state index >= 15 is 0 Å². The van der Waals surface area contributed by atoms with E-state index < -0.39 is 0 Å². The highest BCUT2D eigenvalue weighted by Crippen LogP contribution is 2.34. The Morgan fingerprint density at radius 3 is 3.08 bits per heavy atom. The molecule has 0 aromatic heterocycles. The molecular weight excluding hydrogens is 237 g/mol. The number of halogens is 2. The second-order valence-corrected chi connectivity index (χ2v) is 3.90. The van der Waals surface area contributed by atoms with Gasteiger partial charge in [0.15, 0.2) is 0 Å². The van der Waals surface area contributed by atoms with Crippen molar-refractivity contribution in [2.45, 2.75) is 12.5 Å². The van der Waals surface area contributed by atoms with Crippen LogP contribution >= 0.6 is 15.9 Å². The molecule has 0 saturated heterocycles. The molecule has 1 heterocycles. The van der Waals surface area contributed by atoms with Gasteiger partial charge < -0.3 is 10.5 Å². The van der Waals surface area contributed by atoms with Crippen molar-refractivity contribution in [1.82, 2.24) is 0 Å². The third-order valence-electron chi connectivity index (χ3n) is 2.14. The summed E-state index contributed by atoms with van der Waals surface area (Å²) in [6, 6.07) is 3.02. The van der Waals surface area contributed by atoms with Crippen LogP contribution in [0.3, 0.4) is 0 Å². The molecule has 0 amide bonds. The molecule has 0 radical (unpaired) electrons. The molecular formula is C9H9BrFNO. The SMILES string of the molecule is NC1CCOc2cc(F)c(Br)cc21. The molecule has 1 aliphatic rings. The fourth-order valence-corrected chi connectivity index (χ4v) is 1.77. The van der Waals surface area contributed by atoms with Gasteiger partial charge in [0.1, 0.15) is 11.6 Å². The highest BCUT2D eigenvalue weighted by molar-refractivity contribution is 9.10. The van der Waals surface area contributed by atoms with Crippen LogP contribution in [0.15, 0.2) is 16.6 Å². The summed E-state index contributed by atoms with van der Waals surface area (Å²) in [7, 11) is 0. The summed E-state index contributed by atoms with van der Waals surface area (Å²) in [6.45, 7) is 0.565. The van der Waals surface area contributed by atoms with Gasteiger partial charge in [-0.25, -0.2) is 4.39 Å². The van der Waals surface area contributed by atoms with Crippen molar-refractivity contribution >= 4 is 15.9 Å². The molecule has 1 aromatic rings. The summed E-state index contributed by atoms with van der Waals surface area (Å²) in [5, 5.41) is 0. The summed E-state index contributed by atoms with van der Waals surface area (Å²) in [5.41, 5.74) is 6.72. The van der Waals surface area contributed by atoms with Crippen molar-refractivity contribution in [1.29, 1.82) is 0 Å². The van der Waals surface area contributed by atoms with Crippen LogP contribution in [-0.4, -0.2) is 6.61 Å². The topological polar surface area (TPSA) is 35.2 Å². The zero-order valence-electron chi connectivity index (χ0n) is 6.89. The minimum Gasteiger partial charge on any atom is -0.493 e. The Hall–Kier alpha value is -0.610. The van der Waals surface area contributed by atoms with Gasteiger partial charge in [-0.3, -0.25) is 0 Å². The first kappa shape index (κ1) is 8.97. The van der Waals surface area contributed by atoms with Crippen LogP contribution < -0.4 is 10.5 Å². The number of benzene rings is 1. The molecule has 0 bridgehead atoms. The van der Waals surface area contributed by atoms with Crippen molar-refractivity contribution in [3.05, 3.63) is 28.0 Å². The maximum absolute atomic E-state index is 13.1. The quantitative estimate of drug-likeness (QED) is 0.762. The second-order valence-electron chi connectivity index (χ2n) is 3.05. The van der Waals surface area contributed by atoms with E-state index in [-0.39, 0.29) is 11.9 Å². The largest absolute Gasteiger partial charge is 0.493 e. The molecule has 0 spiro atoms. The maximum atomic E-state index is 13.1. The van der Waals surface area contributed by atoms with E-state index in [0.717, 1.165) is 12.0 Å². The maximum Gasteiger partial charge on any atom is 0.141 e. The van der Waals surface area contributed by atoms with Gasteiger partial charge in [0.25, 0.3) is 0 Å². The third-order valence-corrected chi connectivity index (χ3v) is 2.75. The third kappa shape index (κ3) is 1.56. The van der Waals surface area contributed by atoms with Crippen LogP contribution in [0.5, 0.6) is 5.75 Å². The summed E-state index contributed by atoms with van der Waals surface area (Å²) < 4.78 is 18.8. The average Bonchev–Trinajstić information content (AvgIpc) is 2.09. The van der Waals surface area contributed by atoms with E-state index in [1.165, 1.54) is 6.07 Å². The molecule has 1 unspecified atom stereocenters. The molecule has 0 fully saturated rings. The van der Waals surface area contributed by atoms with Gasteiger partial charge in [-0.1, -0.05) is 0 Å². The van der Waals surface area contributed by atoms with Gasteiger partial charge in [-0.05, 0) is 22.0 Å². The zero-order valence-corrected chi connectivity index (χ0v) is 8.47. The Labute approximate surface area is 84.0 Å². The Morgan fingerprint density at radius 1 is 1.54 bits per heavy atom. The van der Waals surface area contributed by atoms with Crippen LogP contribution in [0.1, 0.15) is 18.0 Å². The van der Waals surface area contributed by atoms with Gasteiger partial charge in [0.05, 0.1) is 11.1 Å². The van der Waals surface area contributed by atoms with Crippen LogP contribution in [0.2, 0.25) is 0 Å². The number of ether oxygens (including phenoxy) is 1. The number of hydrogen-bond donors (Lipinski definition) is 1. The summed E-state index contributed by atoms with van der Waals surface area (Å²) in [5.74, 6) is 0.257. The van der Waals surface area contributed by atoms with Crippen molar-refractivity contribution in [3.8, 4) is 5.75 Å². The van der Waals surface area contributed by atoms with E-state index in [0.29, 0.717) is 16.8 Å². The molecule has 13 heavy (non-hydrogen) atoms. The molecule has 2 rings (SSSR count). The lowest BCUT2D eigenvalue weighted by atomic mass is 10.0. The van der Waals surface area contributed by atoms with E-state index in [9.17, 15) is 4.39 Å². The molecule has 1 aliphatic heterocycles. The predicted molar refractivity (Wildman–Crippen MR) is 51.1 cm³/mol. The van der Waals surface area contributed by atoms with Gasteiger partial charge in [0, 0.05) is 24.1 Å². The standard InChI is InChI=1S/C9H9BrFNO/c10-6-3-5-8(12)1-2-13-9(5)4-7(6)11/h3-4,8H,1-2,12H2. The van der Waals surface area contributed by atoms with E-state index in [1.807, 2.05) is 0 Å². The van der Waals surface area contributed by atoms with Gasteiger partial charge in [-0.2, -0.15) is 0 Å². The molecule has 2 nitrogen and oxygen atoms in total. The number of fused-ring (bicyclic) bond motifs is 1. The summed E-state index contributed by atoms with van der Waals surface area (Å²) in [4.78, 5) is 0. The van der Waals surface area contributed by atoms with Crippen LogP contribution in [-0.2, 0) is 0 Å². The summed E-state index contributed by atoms with van der Waals surface area (Å²) in [6.07, 6.45) is 0.783. The molecule has 0 aliphatic carbocycles. The average molecular weight is 246 g/mol. The number of rotatable bonds is 0. The lowest BCUT2D eigenvalue weighted by molar-refractivity contribution is 0.267. The molecule has 1 aromatic carbocycles. The zero-order chi connectivity index (χ0) is 9.42. The first-order chi connectivity index (χ1) is 6.18. The summed E-state index contributed by atoms with van der Waals surface area (Å²) >= 11 is 3.12. The van der Waals surface area contributed by atoms with E-state index in [4.69, 9.17) is 10.5 Å². The number of hydrogen-bond acceptors (Lipinski definition) is 2. The van der Waals surface area contributed by atoms with Crippen molar-refractivity contribution < 1.29 is 9.13 Å². The lowest BCUT2D eigenvalue weighted by Gasteiger charge is -2.23. The van der Waals surface area contributed by atoms with Gasteiger partial charge in [0.2, 0.25) is 0 Å². The fraction of sp³-hybridized carbons (Fsp3) is 0.333. The molecule has 4 heteroatoms. The first-order valence-corrected chi connectivity index (χ1v) is 4.85. The van der Waals surface area contributed by atoms with E-state index in [2.05, 4.69) is 15.9 Å². The molecule has 2 N–H and O–H groups in total. The monoisotopic (exact) mass is 245 g/mol. The van der Waals surface area contributed by atoms with Crippen LogP contribution in [0, 0.1) is 5.82 Å². The van der Waals surface area contributed by atoms with E-state index in [1.54, 1.807) is 6.07 Å². The van der Waals surface area contributed by atoms with Crippen LogP contribution in [0.4, 0.5) is 4.39 Å². The fourth-order valence-electron chi connectivity index (χ4n) is 1.41. The Balaban J connectivity index is 2.52.